The summed E-state index contributed by atoms with van der Waals surface area (Å²) < 4.78 is 9.58. The average Bonchev–Trinajstić information content (AvgIpc) is 2.87. The molecule has 1 atom stereocenters. The quantitative estimate of drug-likeness (QED) is 0.282. The summed E-state index contributed by atoms with van der Waals surface area (Å²) in [5, 5.41) is 2.42. The van der Waals surface area contributed by atoms with Crippen LogP contribution >= 0.6 is 45.5 Å². The molecule has 1 aromatic heterocycles. The number of rotatable bonds is 8. The van der Waals surface area contributed by atoms with Crippen molar-refractivity contribution in [2.24, 2.45) is 0 Å². The fourth-order valence-corrected chi connectivity index (χ4v) is 4.74. The third-order valence-electron chi connectivity index (χ3n) is 4.78. The van der Waals surface area contributed by atoms with Gasteiger partial charge in [0.25, 0.3) is 0 Å². The zero-order valence-electron chi connectivity index (χ0n) is 14.8. The molecular formula is C19H26ClIOSSi. The zero-order valence-corrected chi connectivity index (χ0v) is 19.7. The maximum absolute atomic E-state index is 6.56. The molecule has 0 aliphatic carbocycles. The Kier molecular flexibility index (Phi) is 7.81. The van der Waals surface area contributed by atoms with Crippen LogP contribution in [-0.2, 0) is 11.2 Å². The van der Waals surface area contributed by atoms with Gasteiger partial charge in [0.05, 0.1) is 11.1 Å². The molecule has 1 heterocycles. The van der Waals surface area contributed by atoms with E-state index in [9.17, 15) is 0 Å². The van der Waals surface area contributed by atoms with Crippen molar-refractivity contribution in [2.45, 2.75) is 50.9 Å². The van der Waals surface area contributed by atoms with Crippen LogP contribution in [0.15, 0.2) is 34.4 Å². The van der Waals surface area contributed by atoms with E-state index in [1.807, 2.05) is 6.07 Å². The standard InChI is InChI=1S/C19H26ClIOSSi/c1-19(2,24(3)4)13-22-14(11-12-21)9-10-17-18(20)15-7-5-6-8-16(15)23-17/h5-8,11-12,14,24H,9-10,13H2,1-4H3/b12-11+. The van der Waals surface area contributed by atoms with Gasteiger partial charge in [-0.25, -0.2) is 0 Å². The minimum absolute atomic E-state index is 0.162. The molecular weight excluding hydrogens is 467 g/mol. The zero-order chi connectivity index (χ0) is 17.7. The predicted octanol–water partition coefficient (Wildman–Crippen LogP) is 7.09. The maximum atomic E-state index is 6.56. The lowest BCUT2D eigenvalue weighted by Gasteiger charge is -2.29. The maximum Gasteiger partial charge on any atom is 0.0766 e. The van der Waals surface area contributed by atoms with E-state index in [2.05, 4.69) is 77.9 Å². The normalized spacial score (nSPS) is 14.1. The van der Waals surface area contributed by atoms with Crippen molar-refractivity contribution in [1.29, 1.82) is 0 Å². The first-order chi connectivity index (χ1) is 11.3. The van der Waals surface area contributed by atoms with Crippen LogP contribution in [-0.4, -0.2) is 21.5 Å². The lowest BCUT2D eigenvalue weighted by Crippen LogP contribution is -2.28. The van der Waals surface area contributed by atoms with Gasteiger partial charge in [0.15, 0.2) is 0 Å². The molecule has 1 nitrogen and oxygen atoms in total. The van der Waals surface area contributed by atoms with Gasteiger partial charge in [0.1, 0.15) is 0 Å². The highest BCUT2D eigenvalue weighted by atomic mass is 127. The fraction of sp³-hybridized carbons (Fsp3) is 0.474. The van der Waals surface area contributed by atoms with Crippen LogP contribution in [0.3, 0.4) is 0 Å². The van der Waals surface area contributed by atoms with Crippen molar-refractivity contribution in [2.75, 3.05) is 6.61 Å². The van der Waals surface area contributed by atoms with Crippen molar-refractivity contribution in [3.63, 3.8) is 0 Å². The molecule has 0 amide bonds. The lowest BCUT2D eigenvalue weighted by atomic mass is 10.1. The van der Waals surface area contributed by atoms with Crippen molar-refractivity contribution in [3.05, 3.63) is 44.3 Å². The average molecular weight is 493 g/mol. The summed E-state index contributed by atoms with van der Waals surface area (Å²) in [4.78, 5) is 1.27. The first kappa shape index (κ1) is 20.4. The Hall–Kier alpha value is 0.117. The fourth-order valence-electron chi connectivity index (χ4n) is 2.30. The van der Waals surface area contributed by atoms with E-state index in [4.69, 9.17) is 16.3 Å². The summed E-state index contributed by atoms with van der Waals surface area (Å²) in [6, 6.07) is 8.37. The number of hydrogen-bond acceptors (Lipinski definition) is 2. The molecule has 5 heteroatoms. The molecule has 0 radical (unpaired) electrons. The molecule has 0 saturated heterocycles. The van der Waals surface area contributed by atoms with E-state index in [1.54, 1.807) is 11.3 Å². The molecule has 0 fully saturated rings. The molecule has 132 valence electrons. The molecule has 1 aromatic carbocycles. The summed E-state index contributed by atoms with van der Waals surface area (Å²) in [6.07, 6.45) is 4.26. The van der Waals surface area contributed by atoms with Gasteiger partial charge < -0.3 is 4.74 Å². The second-order valence-electron chi connectivity index (χ2n) is 7.19. The van der Waals surface area contributed by atoms with Crippen LogP contribution < -0.4 is 0 Å². The SMILES string of the molecule is C[SiH](C)C(C)(C)COC(/C=C/I)CCc1sc2ccccc2c1Cl. The van der Waals surface area contributed by atoms with E-state index < -0.39 is 8.80 Å². The Morgan fingerprint density at radius 2 is 2.04 bits per heavy atom. The molecule has 0 aliphatic rings. The Balaban J connectivity index is 2.01. The summed E-state index contributed by atoms with van der Waals surface area (Å²) in [7, 11) is -0.736. The second kappa shape index (κ2) is 9.17. The monoisotopic (exact) mass is 492 g/mol. The Labute approximate surface area is 170 Å². The van der Waals surface area contributed by atoms with Crippen LogP contribution in [0.5, 0.6) is 0 Å². The summed E-state index contributed by atoms with van der Waals surface area (Å²) in [5.74, 6) is 0. The van der Waals surface area contributed by atoms with Gasteiger partial charge >= 0.3 is 0 Å². The molecule has 0 saturated carbocycles. The van der Waals surface area contributed by atoms with Crippen LogP contribution in [0.1, 0.15) is 25.1 Å². The van der Waals surface area contributed by atoms with E-state index in [0.29, 0.717) is 5.04 Å². The predicted molar refractivity (Wildman–Crippen MR) is 121 cm³/mol. The van der Waals surface area contributed by atoms with E-state index in [-0.39, 0.29) is 6.10 Å². The van der Waals surface area contributed by atoms with E-state index in [0.717, 1.165) is 24.5 Å². The highest BCUT2D eigenvalue weighted by molar-refractivity contribution is 14.1. The van der Waals surface area contributed by atoms with Crippen LogP contribution in [0, 0.1) is 0 Å². The number of fused-ring (bicyclic) bond motifs is 1. The second-order valence-corrected chi connectivity index (χ2v) is 13.3. The number of thiophene rings is 1. The van der Waals surface area contributed by atoms with Gasteiger partial charge in [-0.15, -0.1) is 11.3 Å². The molecule has 0 bridgehead atoms. The van der Waals surface area contributed by atoms with Gasteiger partial charge in [-0.3, -0.25) is 0 Å². The third-order valence-corrected chi connectivity index (χ3v) is 10.3. The molecule has 1 unspecified atom stereocenters. The number of halogens is 2. The Bertz CT molecular complexity index is 696. The van der Waals surface area contributed by atoms with Crippen LogP contribution in [0.25, 0.3) is 10.1 Å². The smallest absolute Gasteiger partial charge is 0.0766 e. The first-order valence-electron chi connectivity index (χ1n) is 8.39. The van der Waals surface area contributed by atoms with E-state index in [1.165, 1.54) is 15.0 Å². The molecule has 0 aliphatic heterocycles. The molecule has 0 spiro atoms. The Morgan fingerprint density at radius 3 is 2.67 bits per heavy atom. The van der Waals surface area contributed by atoms with Gasteiger partial charge in [0, 0.05) is 30.4 Å². The minimum atomic E-state index is -0.736. The molecule has 0 N–H and O–H groups in total. The minimum Gasteiger partial charge on any atom is -0.374 e. The van der Waals surface area contributed by atoms with Crippen molar-refractivity contribution < 1.29 is 4.74 Å². The number of aryl methyl sites for hydroxylation is 1. The van der Waals surface area contributed by atoms with E-state index >= 15 is 0 Å². The third kappa shape index (κ3) is 5.31. The lowest BCUT2D eigenvalue weighted by molar-refractivity contribution is 0.0636. The molecule has 24 heavy (non-hydrogen) atoms. The van der Waals surface area contributed by atoms with Gasteiger partial charge in [-0.05, 0) is 34.1 Å². The number of benzene rings is 1. The first-order valence-corrected chi connectivity index (χ1v) is 13.7. The summed E-state index contributed by atoms with van der Waals surface area (Å²) in [6.45, 7) is 10.3. The highest BCUT2D eigenvalue weighted by Gasteiger charge is 2.25. The van der Waals surface area contributed by atoms with Crippen molar-refractivity contribution in [1.82, 2.24) is 0 Å². The van der Waals surface area contributed by atoms with Crippen molar-refractivity contribution in [3.8, 4) is 0 Å². The largest absolute Gasteiger partial charge is 0.374 e. The van der Waals surface area contributed by atoms with Gasteiger partial charge in [-0.1, -0.05) is 79.3 Å². The Morgan fingerprint density at radius 1 is 1.33 bits per heavy atom. The number of hydrogen-bond donors (Lipinski definition) is 0. The number of ether oxygens (including phenoxy) is 1. The summed E-state index contributed by atoms with van der Waals surface area (Å²) in [5.41, 5.74) is 0. The molecule has 2 rings (SSSR count). The van der Waals surface area contributed by atoms with Crippen molar-refractivity contribution >= 4 is 64.4 Å². The molecule has 2 aromatic rings. The topological polar surface area (TPSA) is 9.23 Å². The van der Waals surface area contributed by atoms with Gasteiger partial charge in [-0.2, -0.15) is 0 Å². The van der Waals surface area contributed by atoms with Crippen LogP contribution in [0.2, 0.25) is 23.2 Å². The summed E-state index contributed by atoms with van der Waals surface area (Å²) >= 11 is 10.6. The van der Waals surface area contributed by atoms with Crippen LogP contribution in [0.4, 0.5) is 0 Å². The highest BCUT2D eigenvalue weighted by Crippen LogP contribution is 2.36. The van der Waals surface area contributed by atoms with Gasteiger partial charge in [0.2, 0.25) is 0 Å².